The second-order valence-corrected chi connectivity index (χ2v) is 5.76. The van der Waals surface area contributed by atoms with Crippen molar-refractivity contribution in [3.63, 3.8) is 0 Å². The fourth-order valence-corrected chi connectivity index (χ4v) is 2.76. The number of nitrogens with two attached hydrogens (primary N) is 1. The van der Waals surface area contributed by atoms with E-state index in [9.17, 15) is 4.79 Å². The summed E-state index contributed by atoms with van der Waals surface area (Å²) in [6.07, 6.45) is 2.12. The predicted octanol–water partition coefficient (Wildman–Crippen LogP) is 0.254. The molecule has 1 fully saturated rings. The molecule has 3 atom stereocenters. The third kappa shape index (κ3) is 4.75. The molecule has 1 aliphatic rings. The monoisotopic (exact) mass is 270 g/mol. The lowest BCUT2D eigenvalue weighted by molar-refractivity contribution is -0.128. The van der Waals surface area contributed by atoms with E-state index in [1.165, 1.54) is 0 Å². The molecule has 19 heavy (non-hydrogen) atoms. The maximum absolute atomic E-state index is 12.3. The van der Waals surface area contributed by atoms with Gasteiger partial charge < -0.3 is 16.0 Å². The minimum atomic E-state index is -0.0958. The van der Waals surface area contributed by atoms with Crippen LogP contribution in [0.4, 0.5) is 0 Å². The van der Waals surface area contributed by atoms with Gasteiger partial charge in [0.25, 0.3) is 0 Å². The van der Waals surface area contributed by atoms with Crippen LogP contribution in [0, 0.1) is 0 Å². The summed E-state index contributed by atoms with van der Waals surface area (Å²) < 4.78 is 0. The van der Waals surface area contributed by atoms with Crippen LogP contribution in [0.2, 0.25) is 0 Å². The quantitative estimate of drug-likeness (QED) is 0.726. The third-order valence-electron chi connectivity index (χ3n) is 3.99. The maximum Gasteiger partial charge on any atom is 0.237 e. The Morgan fingerprint density at radius 3 is 2.68 bits per heavy atom. The van der Waals surface area contributed by atoms with Crippen LogP contribution >= 0.6 is 0 Å². The summed E-state index contributed by atoms with van der Waals surface area (Å²) in [5, 5.41) is 3.10. The number of nitrogens with one attached hydrogen (secondary N) is 1. The summed E-state index contributed by atoms with van der Waals surface area (Å²) in [6.45, 7) is 9.65. The van der Waals surface area contributed by atoms with E-state index in [1.54, 1.807) is 0 Å². The van der Waals surface area contributed by atoms with E-state index in [0.717, 1.165) is 32.5 Å². The van der Waals surface area contributed by atoms with Gasteiger partial charge in [0, 0.05) is 38.3 Å². The highest BCUT2D eigenvalue weighted by molar-refractivity contribution is 5.81. The van der Waals surface area contributed by atoms with E-state index in [1.807, 2.05) is 6.92 Å². The molecule has 1 amide bonds. The van der Waals surface area contributed by atoms with Crippen molar-refractivity contribution < 1.29 is 4.79 Å². The summed E-state index contributed by atoms with van der Waals surface area (Å²) in [6, 6.07) is 0.436. The second kappa shape index (κ2) is 7.82. The highest BCUT2D eigenvalue weighted by Gasteiger charge is 2.31. The van der Waals surface area contributed by atoms with Gasteiger partial charge in [-0.15, -0.1) is 0 Å². The maximum atomic E-state index is 12.3. The van der Waals surface area contributed by atoms with Crippen molar-refractivity contribution in [2.75, 3.05) is 33.2 Å². The molecule has 1 saturated heterocycles. The lowest BCUT2D eigenvalue weighted by Gasteiger charge is -2.42. The van der Waals surface area contributed by atoms with Crippen LogP contribution in [-0.2, 0) is 4.79 Å². The topological polar surface area (TPSA) is 61.6 Å². The van der Waals surface area contributed by atoms with Crippen LogP contribution in [0.3, 0.4) is 0 Å². The standard InChI is InChI=1S/C14H30N4O/c1-5-6-11(2)16-14(19)12(3)18-8-7-17(4)10-13(18)9-15/h11-13H,5-10,15H2,1-4H3,(H,16,19). The summed E-state index contributed by atoms with van der Waals surface area (Å²) >= 11 is 0. The second-order valence-electron chi connectivity index (χ2n) is 5.76. The number of rotatable bonds is 6. The minimum absolute atomic E-state index is 0.0958. The predicted molar refractivity (Wildman–Crippen MR) is 79.0 cm³/mol. The molecule has 1 aliphatic heterocycles. The molecular weight excluding hydrogens is 240 g/mol. The van der Waals surface area contributed by atoms with E-state index in [-0.39, 0.29) is 24.0 Å². The number of hydrogen-bond donors (Lipinski definition) is 2. The van der Waals surface area contributed by atoms with Gasteiger partial charge >= 0.3 is 0 Å². The normalized spacial score (nSPS) is 25.0. The molecular formula is C14H30N4O. The molecule has 0 aromatic heterocycles. The first kappa shape index (κ1) is 16.4. The molecule has 0 aromatic carbocycles. The van der Waals surface area contributed by atoms with E-state index < -0.39 is 0 Å². The molecule has 0 aromatic rings. The zero-order valence-electron chi connectivity index (χ0n) is 12.9. The first-order chi connectivity index (χ1) is 8.99. The van der Waals surface area contributed by atoms with Gasteiger partial charge in [0.05, 0.1) is 6.04 Å². The lowest BCUT2D eigenvalue weighted by Crippen LogP contribution is -2.60. The van der Waals surface area contributed by atoms with Crippen LogP contribution in [0.5, 0.6) is 0 Å². The largest absolute Gasteiger partial charge is 0.352 e. The Kier molecular flexibility index (Phi) is 6.75. The molecule has 0 radical (unpaired) electrons. The Morgan fingerprint density at radius 1 is 1.42 bits per heavy atom. The van der Waals surface area contributed by atoms with Gasteiger partial charge in [-0.1, -0.05) is 13.3 Å². The van der Waals surface area contributed by atoms with Crippen LogP contribution in [0.25, 0.3) is 0 Å². The Bertz CT molecular complexity index is 285. The lowest BCUT2D eigenvalue weighted by atomic mass is 10.1. The van der Waals surface area contributed by atoms with Crippen LogP contribution in [0.15, 0.2) is 0 Å². The molecule has 0 aliphatic carbocycles. The molecule has 3 unspecified atom stereocenters. The molecule has 0 saturated carbocycles. The molecule has 112 valence electrons. The number of carbonyl (C=O) groups excluding carboxylic acids is 1. The first-order valence-corrected chi connectivity index (χ1v) is 7.44. The SMILES string of the molecule is CCCC(C)NC(=O)C(C)N1CCN(C)CC1CN. The van der Waals surface area contributed by atoms with Gasteiger partial charge in [-0.05, 0) is 27.3 Å². The average Bonchev–Trinajstić information content (AvgIpc) is 2.37. The highest BCUT2D eigenvalue weighted by Crippen LogP contribution is 2.12. The smallest absolute Gasteiger partial charge is 0.237 e. The van der Waals surface area contributed by atoms with Crippen LogP contribution < -0.4 is 11.1 Å². The number of carbonyl (C=O) groups is 1. The number of hydrogen-bond acceptors (Lipinski definition) is 4. The van der Waals surface area contributed by atoms with Gasteiger partial charge in [-0.3, -0.25) is 9.69 Å². The number of likely N-dealkylation sites (N-methyl/N-ethyl adjacent to an activating group) is 1. The van der Waals surface area contributed by atoms with E-state index in [2.05, 4.69) is 36.0 Å². The van der Waals surface area contributed by atoms with Crippen molar-refractivity contribution in [3.05, 3.63) is 0 Å². The summed E-state index contributed by atoms with van der Waals surface area (Å²) in [4.78, 5) is 16.8. The van der Waals surface area contributed by atoms with Gasteiger partial charge in [0.15, 0.2) is 0 Å². The van der Waals surface area contributed by atoms with Gasteiger partial charge in [0.2, 0.25) is 5.91 Å². The van der Waals surface area contributed by atoms with Crippen molar-refractivity contribution in [3.8, 4) is 0 Å². The number of amides is 1. The first-order valence-electron chi connectivity index (χ1n) is 7.44. The van der Waals surface area contributed by atoms with Crippen LogP contribution in [-0.4, -0.2) is 67.1 Å². The summed E-state index contributed by atoms with van der Waals surface area (Å²) in [7, 11) is 2.11. The fraction of sp³-hybridized carbons (Fsp3) is 0.929. The van der Waals surface area contributed by atoms with Gasteiger partial charge in [-0.25, -0.2) is 0 Å². The summed E-state index contributed by atoms with van der Waals surface area (Å²) in [5.41, 5.74) is 5.84. The molecule has 5 heteroatoms. The zero-order chi connectivity index (χ0) is 14.4. The Balaban J connectivity index is 2.54. The molecule has 5 nitrogen and oxygen atoms in total. The average molecular weight is 270 g/mol. The molecule has 0 spiro atoms. The van der Waals surface area contributed by atoms with Gasteiger partial charge in [-0.2, -0.15) is 0 Å². The van der Waals surface area contributed by atoms with Crippen molar-refractivity contribution in [2.45, 2.75) is 51.7 Å². The number of piperazine rings is 1. The van der Waals surface area contributed by atoms with Crippen molar-refractivity contribution in [1.29, 1.82) is 0 Å². The Morgan fingerprint density at radius 2 is 2.11 bits per heavy atom. The fourth-order valence-electron chi connectivity index (χ4n) is 2.76. The molecule has 3 N–H and O–H groups in total. The van der Waals surface area contributed by atoms with Gasteiger partial charge in [0.1, 0.15) is 0 Å². The minimum Gasteiger partial charge on any atom is -0.352 e. The molecule has 0 bridgehead atoms. The Labute approximate surface area is 117 Å². The van der Waals surface area contributed by atoms with Crippen LogP contribution in [0.1, 0.15) is 33.6 Å². The molecule has 1 heterocycles. The van der Waals surface area contributed by atoms with Crippen molar-refractivity contribution >= 4 is 5.91 Å². The summed E-state index contributed by atoms with van der Waals surface area (Å²) in [5.74, 6) is 0.129. The van der Waals surface area contributed by atoms with E-state index in [4.69, 9.17) is 5.73 Å². The highest BCUT2D eigenvalue weighted by atomic mass is 16.2. The Hall–Kier alpha value is -0.650. The third-order valence-corrected chi connectivity index (χ3v) is 3.99. The van der Waals surface area contributed by atoms with Crippen molar-refractivity contribution in [1.82, 2.24) is 15.1 Å². The van der Waals surface area contributed by atoms with E-state index >= 15 is 0 Å². The van der Waals surface area contributed by atoms with Crippen molar-refractivity contribution in [2.24, 2.45) is 5.73 Å². The zero-order valence-corrected chi connectivity index (χ0v) is 12.9. The van der Waals surface area contributed by atoms with E-state index in [0.29, 0.717) is 6.54 Å². The molecule has 1 rings (SSSR count). The number of nitrogens with zero attached hydrogens (tertiary/aromatic N) is 2.